The van der Waals surface area contributed by atoms with Crippen molar-refractivity contribution in [1.82, 2.24) is 15.0 Å². The molecule has 1 aromatic heterocycles. The number of nitrogens with zero attached hydrogens (tertiary/aromatic N) is 3. The van der Waals surface area contributed by atoms with Gasteiger partial charge >= 0.3 is 6.03 Å². The molecule has 1 aliphatic rings. The van der Waals surface area contributed by atoms with E-state index in [1.165, 1.54) is 0 Å². The number of nitrogens with one attached hydrogen (secondary N) is 1. The summed E-state index contributed by atoms with van der Waals surface area (Å²) in [5.41, 5.74) is 2.58. The maximum absolute atomic E-state index is 12.2. The number of rotatable bonds is 2. The van der Waals surface area contributed by atoms with Crippen molar-refractivity contribution in [2.45, 2.75) is 26.7 Å². The Hall–Kier alpha value is -2.37. The summed E-state index contributed by atoms with van der Waals surface area (Å²) in [4.78, 5) is 18.2. The molecule has 0 aliphatic carbocycles. The van der Waals surface area contributed by atoms with Crippen LogP contribution in [-0.4, -0.2) is 34.2 Å². The summed E-state index contributed by atoms with van der Waals surface area (Å²) in [6.45, 7) is 5.39. The molecule has 0 atom stereocenters. The van der Waals surface area contributed by atoms with Crippen molar-refractivity contribution >= 4 is 11.7 Å². The van der Waals surface area contributed by atoms with Crippen LogP contribution in [0.25, 0.3) is 11.5 Å². The van der Waals surface area contributed by atoms with E-state index < -0.39 is 0 Å². The highest BCUT2D eigenvalue weighted by Gasteiger charge is 2.18. The zero-order valence-corrected chi connectivity index (χ0v) is 12.2. The van der Waals surface area contributed by atoms with Gasteiger partial charge in [-0.3, -0.25) is 0 Å². The van der Waals surface area contributed by atoms with Crippen LogP contribution in [0.1, 0.15) is 24.2 Å². The van der Waals surface area contributed by atoms with Gasteiger partial charge in [0.05, 0.1) is 0 Å². The van der Waals surface area contributed by atoms with Gasteiger partial charge in [-0.2, -0.15) is 4.98 Å². The minimum absolute atomic E-state index is 0.0468. The van der Waals surface area contributed by atoms with Crippen LogP contribution in [0.4, 0.5) is 10.5 Å². The van der Waals surface area contributed by atoms with Crippen molar-refractivity contribution in [1.29, 1.82) is 0 Å². The molecule has 0 spiro atoms. The highest BCUT2D eigenvalue weighted by Crippen LogP contribution is 2.24. The maximum Gasteiger partial charge on any atom is 0.321 e. The Morgan fingerprint density at radius 1 is 1.29 bits per heavy atom. The summed E-state index contributed by atoms with van der Waals surface area (Å²) in [5, 5.41) is 6.75. The van der Waals surface area contributed by atoms with Gasteiger partial charge in [0.25, 0.3) is 5.89 Å². The molecule has 2 heterocycles. The van der Waals surface area contributed by atoms with Crippen molar-refractivity contribution in [2.75, 3.05) is 18.4 Å². The maximum atomic E-state index is 12.2. The molecule has 2 aromatic rings. The van der Waals surface area contributed by atoms with Gasteiger partial charge in [-0.1, -0.05) is 11.2 Å². The second-order valence-electron chi connectivity index (χ2n) is 5.30. The molecule has 0 radical (unpaired) electrons. The first-order chi connectivity index (χ1) is 10.1. The minimum Gasteiger partial charge on any atom is -0.334 e. The van der Waals surface area contributed by atoms with E-state index in [0.29, 0.717) is 11.7 Å². The molecule has 6 heteroatoms. The van der Waals surface area contributed by atoms with E-state index in [1.807, 2.05) is 30.0 Å². The normalized spacial score (nSPS) is 14.5. The second-order valence-corrected chi connectivity index (χ2v) is 5.30. The first-order valence-electron chi connectivity index (χ1n) is 7.11. The van der Waals surface area contributed by atoms with Crippen LogP contribution in [0.5, 0.6) is 0 Å². The Balaban J connectivity index is 1.82. The number of amides is 2. The number of carbonyl (C=O) groups excluding carboxylic acids is 1. The standard InChI is InChI=1S/C15H18N4O2/c1-10-5-6-12(14-16-11(2)18-21-14)9-13(10)17-15(20)19-7-3-4-8-19/h5-6,9H,3-4,7-8H2,1-2H3,(H,17,20). The summed E-state index contributed by atoms with van der Waals surface area (Å²) < 4.78 is 5.17. The number of aromatic nitrogens is 2. The molecule has 1 saturated heterocycles. The third kappa shape index (κ3) is 2.89. The van der Waals surface area contributed by atoms with E-state index in [0.717, 1.165) is 42.7 Å². The highest BCUT2D eigenvalue weighted by molar-refractivity contribution is 5.91. The van der Waals surface area contributed by atoms with E-state index in [2.05, 4.69) is 15.5 Å². The van der Waals surface area contributed by atoms with Crippen molar-refractivity contribution in [3.05, 3.63) is 29.6 Å². The Kier molecular flexibility index (Phi) is 3.60. The lowest BCUT2D eigenvalue weighted by atomic mass is 10.1. The molecule has 6 nitrogen and oxygen atoms in total. The fourth-order valence-electron chi connectivity index (χ4n) is 2.42. The van der Waals surface area contributed by atoms with Crippen LogP contribution in [0, 0.1) is 13.8 Å². The number of hydrogen-bond donors (Lipinski definition) is 1. The van der Waals surface area contributed by atoms with Crippen LogP contribution in [-0.2, 0) is 0 Å². The number of anilines is 1. The number of carbonyl (C=O) groups is 1. The first-order valence-corrected chi connectivity index (χ1v) is 7.11. The lowest BCUT2D eigenvalue weighted by molar-refractivity contribution is 0.222. The van der Waals surface area contributed by atoms with Crippen LogP contribution in [0.15, 0.2) is 22.7 Å². The first kappa shape index (κ1) is 13.6. The average molecular weight is 286 g/mol. The fraction of sp³-hybridized carbons (Fsp3) is 0.400. The Morgan fingerprint density at radius 3 is 2.71 bits per heavy atom. The zero-order chi connectivity index (χ0) is 14.8. The van der Waals surface area contributed by atoms with E-state index >= 15 is 0 Å². The summed E-state index contributed by atoms with van der Waals surface area (Å²) in [5.74, 6) is 1.05. The molecule has 0 bridgehead atoms. The monoisotopic (exact) mass is 286 g/mol. The lowest BCUT2D eigenvalue weighted by Gasteiger charge is -2.17. The van der Waals surface area contributed by atoms with Gasteiger partial charge in [0.15, 0.2) is 5.82 Å². The third-order valence-corrected chi connectivity index (χ3v) is 3.65. The molecular formula is C15H18N4O2. The summed E-state index contributed by atoms with van der Waals surface area (Å²) in [6.07, 6.45) is 2.15. The quantitative estimate of drug-likeness (QED) is 0.921. The van der Waals surface area contributed by atoms with Gasteiger partial charge < -0.3 is 14.7 Å². The predicted octanol–water partition coefficient (Wildman–Crippen LogP) is 2.98. The van der Waals surface area contributed by atoms with Crippen LogP contribution >= 0.6 is 0 Å². The minimum atomic E-state index is -0.0468. The molecule has 1 aromatic carbocycles. The second kappa shape index (κ2) is 5.55. The Labute approximate surface area is 123 Å². The predicted molar refractivity (Wildman–Crippen MR) is 79.0 cm³/mol. The van der Waals surface area contributed by atoms with Gasteiger partial charge in [0.2, 0.25) is 0 Å². The Bertz CT molecular complexity index is 659. The SMILES string of the molecule is Cc1noc(-c2ccc(C)c(NC(=O)N3CCCC3)c2)n1. The van der Waals surface area contributed by atoms with Gasteiger partial charge in [-0.05, 0) is 44.4 Å². The lowest BCUT2D eigenvalue weighted by Crippen LogP contribution is -2.32. The van der Waals surface area contributed by atoms with Crippen molar-refractivity contribution in [2.24, 2.45) is 0 Å². The van der Waals surface area contributed by atoms with Gasteiger partial charge in [-0.25, -0.2) is 4.79 Å². The molecule has 0 saturated carbocycles. The molecule has 0 unspecified atom stereocenters. The van der Waals surface area contributed by atoms with Crippen LogP contribution in [0.2, 0.25) is 0 Å². The van der Waals surface area contributed by atoms with Crippen molar-refractivity contribution < 1.29 is 9.32 Å². The molecule has 1 fully saturated rings. The van der Waals surface area contributed by atoms with Gasteiger partial charge in [0, 0.05) is 24.3 Å². The van der Waals surface area contributed by atoms with Crippen molar-refractivity contribution in [3.63, 3.8) is 0 Å². The summed E-state index contributed by atoms with van der Waals surface area (Å²) >= 11 is 0. The summed E-state index contributed by atoms with van der Waals surface area (Å²) in [7, 11) is 0. The third-order valence-electron chi connectivity index (χ3n) is 3.65. The number of benzene rings is 1. The number of hydrogen-bond acceptors (Lipinski definition) is 4. The molecule has 2 amide bonds. The number of urea groups is 1. The molecular weight excluding hydrogens is 268 g/mol. The van der Waals surface area contributed by atoms with Gasteiger partial charge in [0.1, 0.15) is 0 Å². The Morgan fingerprint density at radius 2 is 2.05 bits per heavy atom. The summed E-state index contributed by atoms with van der Waals surface area (Å²) in [6, 6.07) is 5.67. The smallest absolute Gasteiger partial charge is 0.321 e. The van der Waals surface area contributed by atoms with Crippen LogP contribution < -0.4 is 5.32 Å². The van der Waals surface area contributed by atoms with E-state index in [9.17, 15) is 4.79 Å². The zero-order valence-electron chi connectivity index (χ0n) is 12.2. The van der Waals surface area contributed by atoms with E-state index in [-0.39, 0.29) is 6.03 Å². The van der Waals surface area contributed by atoms with Gasteiger partial charge in [-0.15, -0.1) is 0 Å². The molecule has 3 rings (SSSR count). The molecule has 1 N–H and O–H groups in total. The van der Waals surface area contributed by atoms with Crippen LogP contribution in [0.3, 0.4) is 0 Å². The molecule has 1 aliphatic heterocycles. The highest BCUT2D eigenvalue weighted by atomic mass is 16.5. The van der Waals surface area contributed by atoms with Crippen molar-refractivity contribution in [3.8, 4) is 11.5 Å². The van der Waals surface area contributed by atoms with E-state index in [1.54, 1.807) is 6.92 Å². The topological polar surface area (TPSA) is 71.3 Å². The molecule has 21 heavy (non-hydrogen) atoms. The fourth-order valence-corrected chi connectivity index (χ4v) is 2.42. The van der Waals surface area contributed by atoms with E-state index in [4.69, 9.17) is 4.52 Å². The largest absolute Gasteiger partial charge is 0.334 e. The average Bonchev–Trinajstić information content (AvgIpc) is 3.12. The molecule has 110 valence electrons. The number of likely N-dealkylation sites (tertiary alicyclic amines) is 1. The number of aryl methyl sites for hydroxylation is 2.